The monoisotopic (exact) mass is 86.0 g/mol. The van der Waals surface area contributed by atoms with Gasteiger partial charge in [-0.3, -0.25) is 0 Å². The molecular weight excluding hydrogens is 85.4 g/mol. The Labute approximate surface area is 47.0 Å². The molecule has 0 aliphatic carbocycles. The van der Waals surface area contributed by atoms with Gasteiger partial charge in [-0.2, -0.15) is 0 Å². The summed E-state index contributed by atoms with van der Waals surface area (Å²) in [5, 5.41) is 0. The van der Waals surface area contributed by atoms with E-state index < -0.39 is 14.2 Å². The van der Waals surface area contributed by atoms with Gasteiger partial charge in [0, 0.05) is 0 Å². The molecule has 0 radical (unpaired) electrons. The molecule has 0 atom stereocenters. The van der Waals surface area contributed by atoms with Gasteiger partial charge in [0.1, 0.15) is 0 Å². The van der Waals surface area contributed by atoms with Crippen LogP contribution < -0.4 is 0 Å². The van der Waals surface area contributed by atoms with E-state index in [-0.39, 0.29) is 18.9 Å². The first-order valence-corrected chi connectivity index (χ1v) is 2.67. The first kappa shape index (κ1) is 8.97. The molecule has 4 heteroatoms. The van der Waals surface area contributed by atoms with Crippen molar-refractivity contribution in [2.75, 3.05) is 0 Å². The zero-order chi connectivity index (χ0) is 2.71. The summed E-state index contributed by atoms with van der Waals surface area (Å²) in [6.45, 7) is 0. The predicted molar refractivity (Wildman–Crippen MR) is 19.4 cm³/mol. The summed E-state index contributed by atoms with van der Waals surface area (Å²) in [6.07, 6.45) is 0. The summed E-state index contributed by atoms with van der Waals surface area (Å²) in [5.41, 5.74) is 0. The van der Waals surface area contributed by atoms with Crippen LogP contribution in [0.4, 0.5) is 0 Å². The van der Waals surface area contributed by atoms with Gasteiger partial charge in [-0.1, -0.05) is 0 Å². The summed E-state index contributed by atoms with van der Waals surface area (Å²) in [4.78, 5) is 0. The molecule has 0 bridgehead atoms. The molecule has 4 heavy (non-hydrogen) atoms. The van der Waals surface area contributed by atoms with Crippen molar-refractivity contribution in [3.8, 4) is 0 Å². The normalized spacial score (nSPS) is 2.25. The maximum absolute atomic E-state index is 8.78. The van der Waals surface area contributed by atoms with Crippen LogP contribution in [0.5, 0.6) is 0 Å². The first-order valence-electron chi connectivity index (χ1n) is 0.454. The molecule has 0 aromatic carbocycles. The average molecular weight is 86.4 g/mol. The van der Waals surface area contributed by atoms with Crippen molar-refractivity contribution in [2.45, 2.75) is 0 Å². The van der Waals surface area contributed by atoms with Gasteiger partial charge in [-0.25, -0.2) is 0 Å². The van der Waals surface area contributed by atoms with Crippen molar-refractivity contribution >= 4 is 43.1 Å². The second-order valence-corrected chi connectivity index (χ2v) is 0.802. The maximum atomic E-state index is 8.78. The van der Waals surface area contributed by atoms with Gasteiger partial charge in [-0.15, -0.1) is 0 Å². The van der Waals surface area contributed by atoms with Crippen LogP contribution in [0.15, 0.2) is 0 Å². The van der Waals surface area contributed by atoms with E-state index in [4.69, 9.17) is 3.80 Å². The van der Waals surface area contributed by atoms with Crippen LogP contribution in [0.1, 0.15) is 0 Å². The molecular formula is HAlClLiO. The number of rotatable bonds is 0. The molecule has 0 unspecified atom stereocenters. The topological polar surface area (TPSA) is 17.1 Å². The standard InChI is InChI=1S/Al.ClH.Li.O.H/h;1H;;;/q+1;;;;/p-1. The third kappa shape index (κ3) is 10.7. The van der Waals surface area contributed by atoms with Crippen LogP contribution in [-0.4, -0.2) is 33.1 Å². The van der Waals surface area contributed by atoms with Gasteiger partial charge in [0.25, 0.3) is 0 Å². The fraction of sp³-hybridized carbons (Fsp3) is 0. The molecule has 0 saturated heterocycles. The molecule has 18 valence electrons. The van der Waals surface area contributed by atoms with E-state index in [1.807, 2.05) is 0 Å². The second-order valence-electron chi connectivity index (χ2n) is 0.0891. The molecule has 0 aliphatic rings. The van der Waals surface area contributed by atoms with E-state index in [0.717, 1.165) is 0 Å². The van der Waals surface area contributed by atoms with Crippen molar-refractivity contribution in [1.29, 1.82) is 0 Å². The average Bonchev–Trinajstić information content (AvgIpc) is 0.918. The van der Waals surface area contributed by atoms with Crippen LogP contribution in [0.25, 0.3) is 0 Å². The fourth-order valence-electron chi connectivity index (χ4n) is 0. The van der Waals surface area contributed by atoms with Crippen LogP contribution in [-0.2, 0) is 3.80 Å². The Balaban J connectivity index is 0. The molecule has 0 spiro atoms. The Morgan fingerprint density at radius 2 is 1.75 bits per heavy atom. The van der Waals surface area contributed by atoms with Crippen LogP contribution in [0.3, 0.4) is 0 Å². The van der Waals surface area contributed by atoms with Crippen LogP contribution >= 0.6 is 10.0 Å². The summed E-state index contributed by atoms with van der Waals surface area (Å²) in [5.74, 6) is 0. The van der Waals surface area contributed by atoms with Crippen molar-refractivity contribution < 1.29 is 3.80 Å². The van der Waals surface area contributed by atoms with E-state index in [2.05, 4.69) is 10.0 Å². The Morgan fingerprint density at radius 1 is 1.75 bits per heavy atom. The van der Waals surface area contributed by atoms with Crippen molar-refractivity contribution in [2.24, 2.45) is 0 Å². The van der Waals surface area contributed by atoms with Crippen molar-refractivity contribution in [1.82, 2.24) is 0 Å². The summed E-state index contributed by atoms with van der Waals surface area (Å²) < 4.78 is 8.78. The van der Waals surface area contributed by atoms with Crippen LogP contribution in [0, 0.1) is 0 Å². The van der Waals surface area contributed by atoms with Gasteiger partial charge in [0.15, 0.2) is 0 Å². The Kier molecular flexibility index (Phi) is 19.9. The van der Waals surface area contributed by atoms with E-state index >= 15 is 0 Å². The van der Waals surface area contributed by atoms with Gasteiger partial charge in [0.2, 0.25) is 0 Å². The minimum atomic E-state index is -1.03. The molecule has 0 aliphatic heterocycles. The molecule has 0 rings (SSSR count). The molecule has 0 heterocycles. The van der Waals surface area contributed by atoms with Gasteiger partial charge < -0.3 is 0 Å². The van der Waals surface area contributed by atoms with E-state index in [0.29, 0.717) is 0 Å². The number of hydrogen-bond acceptors (Lipinski definition) is 1. The van der Waals surface area contributed by atoms with E-state index in [1.54, 1.807) is 0 Å². The zero-order valence-electron chi connectivity index (χ0n) is 1.36. The predicted octanol–water partition coefficient (Wildman–Crippen LogP) is -0.459. The number of halogens is 1. The SMILES string of the molecule is [LiH].[O]=[Al][Cl]. The van der Waals surface area contributed by atoms with Gasteiger partial charge in [-0.05, 0) is 0 Å². The number of hydrogen-bond donors (Lipinski definition) is 0. The van der Waals surface area contributed by atoms with Crippen molar-refractivity contribution in [3.63, 3.8) is 0 Å². The molecule has 0 fully saturated rings. The molecule has 0 aromatic rings. The summed E-state index contributed by atoms with van der Waals surface area (Å²) >= 11 is -1.03. The zero-order valence-corrected chi connectivity index (χ0v) is 3.27. The first-order chi connectivity index (χ1) is 1.41. The Bertz CT molecular complexity index is 15.5. The molecule has 1 nitrogen and oxygen atoms in total. The Hall–Kier alpha value is 1.22. The second kappa shape index (κ2) is 8.88. The summed E-state index contributed by atoms with van der Waals surface area (Å²) in [7, 11) is 4.53. The van der Waals surface area contributed by atoms with E-state index in [9.17, 15) is 0 Å². The van der Waals surface area contributed by atoms with Crippen LogP contribution in [0.2, 0.25) is 0 Å². The third-order valence-electron chi connectivity index (χ3n) is 0. The van der Waals surface area contributed by atoms with Gasteiger partial charge in [0.05, 0.1) is 0 Å². The third-order valence-corrected chi connectivity index (χ3v) is 0. The molecule has 0 amide bonds. The Morgan fingerprint density at radius 3 is 1.75 bits per heavy atom. The van der Waals surface area contributed by atoms with Gasteiger partial charge >= 0.3 is 46.9 Å². The van der Waals surface area contributed by atoms with E-state index in [1.165, 1.54) is 0 Å². The summed E-state index contributed by atoms with van der Waals surface area (Å²) in [6, 6.07) is 0. The molecule has 0 N–H and O–H groups in total. The molecule has 0 saturated carbocycles. The quantitative estimate of drug-likeness (QED) is 0.365. The minimum absolute atomic E-state index is 0. The van der Waals surface area contributed by atoms with Crippen molar-refractivity contribution in [3.05, 3.63) is 0 Å². The molecule has 0 aromatic heterocycles. The fourth-order valence-corrected chi connectivity index (χ4v) is 0.